The van der Waals surface area contributed by atoms with E-state index in [2.05, 4.69) is 15.2 Å². The molecule has 0 aliphatic carbocycles. The van der Waals surface area contributed by atoms with Gasteiger partial charge in [0.15, 0.2) is 9.84 Å². The van der Waals surface area contributed by atoms with Crippen molar-refractivity contribution in [2.24, 2.45) is 0 Å². The van der Waals surface area contributed by atoms with Gasteiger partial charge in [-0.15, -0.1) is 0 Å². The van der Waals surface area contributed by atoms with Crippen LogP contribution in [0.4, 0.5) is 4.39 Å². The summed E-state index contributed by atoms with van der Waals surface area (Å²) in [5.41, 5.74) is -1.12. The molecular formula is C24H27Cl2FN4O4S. The summed E-state index contributed by atoms with van der Waals surface area (Å²) in [6.45, 7) is 2.93. The molecule has 1 saturated heterocycles. The van der Waals surface area contributed by atoms with Crippen molar-refractivity contribution in [3.05, 3.63) is 72.1 Å². The number of sulfone groups is 1. The number of aromatic nitrogens is 2. The third kappa shape index (κ3) is 5.10. The molecule has 2 heterocycles. The molecule has 194 valence electrons. The SMILES string of the molecule is CCS(=O)(=O)c1ccc(Cl)cc1Cn1c(=O)[nH]c2c(Cl)c(CN3CCC[C@@H]3CNC)c(F)cc2c1=O. The Morgan fingerprint density at radius 3 is 2.64 bits per heavy atom. The lowest BCUT2D eigenvalue weighted by Crippen LogP contribution is -2.37. The Bertz CT molecular complexity index is 1540. The number of rotatable bonds is 8. The van der Waals surface area contributed by atoms with E-state index in [1.54, 1.807) is 0 Å². The van der Waals surface area contributed by atoms with Gasteiger partial charge in [-0.1, -0.05) is 30.1 Å². The van der Waals surface area contributed by atoms with E-state index in [1.807, 2.05) is 7.05 Å². The zero-order chi connectivity index (χ0) is 26.2. The molecule has 1 aliphatic heterocycles. The van der Waals surface area contributed by atoms with Crippen molar-refractivity contribution in [3.8, 4) is 0 Å². The molecule has 0 bridgehead atoms. The van der Waals surface area contributed by atoms with E-state index in [0.717, 1.165) is 36.6 Å². The summed E-state index contributed by atoms with van der Waals surface area (Å²) in [5.74, 6) is -0.810. The van der Waals surface area contributed by atoms with Crippen LogP contribution in [0, 0.1) is 5.82 Å². The molecule has 3 aromatic rings. The second-order valence-corrected chi connectivity index (χ2v) is 11.9. The molecule has 2 N–H and O–H groups in total. The van der Waals surface area contributed by atoms with Crippen molar-refractivity contribution < 1.29 is 12.8 Å². The summed E-state index contributed by atoms with van der Waals surface area (Å²) in [6.07, 6.45) is 1.97. The summed E-state index contributed by atoms with van der Waals surface area (Å²) < 4.78 is 41.2. The van der Waals surface area contributed by atoms with Gasteiger partial charge < -0.3 is 10.3 Å². The Hall–Kier alpha value is -2.24. The average Bonchev–Trinajstić information content (AvgIpc) is 3.27. The van der Waals surface area contributed by atoms with Crippen LogP contribution >= 0.6 is 23.2 Å². The Morgan fingerprint density at radius 2 is 1.94 bits per heavy atom. The molecule has 12 heteroatoms. The van der Waals surface area contributed by atoms with Gasteiger partial charge >= 0.3 is 5.69 Å². The van der Waals surface area contributed by atoms with E-state index in [-0.39, 0.29) is 61.9 Å². The van der Waals surface area contributed by atoms with Gasteiger partial charge in [-0.05, 0) is 56.3 Å². The molecule has 0 spiro atoms. The minimum Gasteiger partial charge on any atom is -0.318 e. The highest BCUT2D eigenvalue weighted by Gasteiger charge is 2.27. The summed E-state index contributed by atoms with van der Waals surface area (Å²) in [6, 6.07) is 5.49. The highest BCUT2D eigenvalue weighted by atomic mass is 35.5. The molecular weight excluding hydrogens is 530 g/mol. The molecule has 1 aromatic heterocycles. The number of likely N-dealkylation sites (tertiary alicyclic amines) is 1. The Labute approximate surface area is 217 Å². The van der Waals surface area contributed by atoms with Crippen molar-refractivity contribution in [3.63, 3.8) is 0 Å². The van der Waals surface area contributed by atoms with Crippen molar-refractivity contribution in [2.45, 2.75) is 43.8 Å². The fraction of sp³-hybridized carbons (Fsp3) is 0.417. The van der Waals surface area contributed by atoms with E-state index < -0.39 is 26.9 Å². The summed E-state index contributed by atoms with van der Waals surface area (Å²) in [4.78, 5) is 30.9. The first-order chi connectivity index (χ1) is 17.1. The van der Waals surface area contributed by atoms with Gasteiger partial charge in [-0.3, -0.25) is 14.3 Å². The molecule has 1 fully saturated rings. The lowest BCUT2D eigenvalue weighted by molar-refractivity contribution is 0.239. The number of H-pyrrole nitrogens is 1. The summed E-state index contributed by atoms with van der Waals surface area (Å²) >= 11 is 12.6. The Morgan fingerprint density at radius 1 is 1.19 bits per heavy atom. The van der Waals surface area contributed by atoms with Gasteiger partial charge in [-0.2, -0.15) is 0 Å². The minimum absolute atomic E-state index is 0.0153. The quantitative estimate of drug-likeness (QED) is 0.441. The van der Waals surface area contributed by atoms with Crippen LogP contribution < -0.4 is 16.6 Å². The average molecular weight is 557 g/mol. The monoisotopic (exact) mass is 556 g/mol. The van der Waals surface area contributed by atoms with Crippen LogP contribution in [0.2, 0.25) is 10.0 Å². The maximum Gasteiger partial charge on any atom is 0.329 e. The topological polar surface area (TPSA) is 104 Å². The maximum atomic E-state index is 15.2. The molecule has 0 amide bonds. The summed E-state index contributed by atoms with van der Waals surface area (Å²) in [7, 11) is -1.79. The number of nitrogens with one attached hydrogen (secondary N) is 2. The van der Waals surface area contributed by atoms with Crippen molar-refractivity contribution in [1.29, 1.82) is 0 Å². The molecule has 8 nitrogen and oxygen atoms in total. The van der Waals surface area contributed by atoms with Crippen LogP contribution in [0.5, 0.6) is 0 Å². The number of nitrogens with zero attached hydrogens (tertiary/aromatic N) is 2. The number of hydrogen-bond acceptors (Lipinski definition) is 6. The number of hydrogen-bond donors (Lipinski definition) is 2. The van der Waals surface area contributed by atoms with Gasteiger partial charge in [0.1, 0.15) is 5.82 Å². The predicted molar refractivity (Wildman–Crippen MR) is 139 cm³/mol. The maximum absolute atomic E-state index is 15.2. The van der Waals surface area contributed by atoms with E-state index >= 15 is 4.39 Å². The Kier molecular flexibility index (Phi) is 7.92. The molecule has 4 rings (SSSR count). The largest absolute Gasteiger partial charge is 0.329 e. The molecule has 0 radical (unpaired) electrons. The zero-order valence-corrected chi connectivity index (χ0v) is 22.2. The molecule has 2 aromatic carbocycles. The highest BCUT2D eigenvalue weighted by Crippen LogP contribution is 2.30. The predicted octanol–water partition coefficient (Wildman–Crippen LogP) is 3.16. The van der Waals surface area contributed by atoms with Crippen molar-refractivity contribution in [2.75, 3.05) is 25.9 Å². The first-order valence-electron chi connectivity index (χ1n) is 11.6. The van der Waals surface area contributed by atoms with E-state index in [0.29, 0.717) is 0 Å². The number of aromatic amines is 1. The fourth-order valence-electron chi connectivity index (χ4n) is 4.73. The van der Waals surface area contributed by atoms with E-state index in [1.165, 1.54) is 25.1 Å². The number of fused-ring (bicyclic) bond motifs is 1. The summed E-state index contributed by atoms with van der Waals surface area (Å²) in [5, 5.41) is 3.28. The lowest BCUT2D eigenvalue weighted by Gasteiger charge is -2.25. The second kappa shape index (κ2) is 10.6. The number of benzene rings is 2. The van der Waals surface area contributed by atoms with Gasteiger partial charge in [0, 0.05) is 29.7 Å². The number of likely N-dealkylation sites (N-methyl/N-ethyl adjacent to an activating group) is 1. The molecule has 36 heavy (non-hydrogen) atoms. The van der Waals surface area contributed by atoms with Crippen LogP contribution in [0.1, 0.15) is 30.9 Å². The van der Waals surface area contributed by atoms with Gasteiger partial charge in [0.25, 0.3) is 5.56 Å². The smallest absolute Gasteiger partial charge is 0.318 e. The molecule has 0 unspecified atom stereocenters. The Balaban J connectivity index is 1.79. The van der Waals surface area contributed by atoms with Crippen LogP contribution in [0.3, 0.4) is 0 Å². The highest BCUT2D eigenvalue weighted by molar-refractivity contribution is 7.91. The molecule has 0 saturated carbocycles. The van der Waals surface area contributed by atoms with E-state index in [4.69, 9.17) is 23.2 Å². The van der Waals surface area contributed by atoms with Gasteiger partial charge in [0.05, 0.1) is 33.1 Å². The lowest BCUT2D eigenvalue weighted by atomic mass is 10.1. The van der Waals surface area contributed by atoms with Crippen molar-refractivity contribution >= 4 is 43.9 Å². The van der Waals surface area contributed by atoms with Crippen molar-refractivity contribution in [1.82, 2.24) is 19.8 Å². The second-order valence-electron chi connectivity index (χ2n) is 8.87. The first-order valence-corrected chi connectivity index (χ1v) is 14.0. The molecule has 1 atom stereocenters. The number of halogens is 3. The van der Waals surface area contributed by atoms with Crippen LogP contribution in [0.15, 0.2) is 38.8 Å². The molecule has 1 aliphatic rings. The fourth-order valence-corrected chi connectivity index (χ4v) is 6.33. The van der Waals surface area contributed by atoms with E-state index in [9.17, 15) is 18.0 Å². The normalized spacial score (nSPS) is 16.8. The standard InChI is InChI=1S/C24H27Cl2FN4O4S/c1-3-36(34,35)20-7-6-15(25)9-14(20)12-31-23(32)17-10-19(27)18(21(26)22(17)29-24(31)33)13-30-8-4-5-16(30)11-28-2/h6-7,9-10,16,28H,3-5,8,11-13H2,1-2H3,(H,29,33)/t16-/m1/s1. The third-order valence-electron chi connectivity index (χ3n) is 6.63. The van der Waals surface area contributed by atoms with Crippen LogP contribution in [-0.4, -0.2) is 54.8 Å². The first kappa shape index (κ1) is 26.8. The van der Waals surface area contributed by atoms with Crippen LogP contribution in [0.25, 0.3) is 10.9 Å². The van der Waals surface area contributed by atoms with Gasteiger partial charge in [0.2, 0.25) is 0 Å². The third-order valence-corrected chi connectivity index (χ3v) is 9.11. The zero-order valence-electron chi connectivity index (χ0n) is 19.9. The van der Waals surface area contributed by atoms with Gasteiger partial charge in [-0.25, -0.2) is 17.6 Å². The van der Waals surface area contributed by atoms with Crippen LogP contribution in [-0.2, 0) is 22.9 Å². The minimum atomic E-state index is -3.65.